The molecule has 0 spiro atoms. The van der Waals surface area contributed by atoms with Crippen molar-refractivity contribution in [3.05, 3.63) is 81.3 Å². The van der Waals surface area contributed by atoms with Gasteiger partial charge >= 0.3 is 0 Å². The monoisotopic (exact) mass is 412 g/mol. The van der Waals surface area contributed by atoms with E-state index in [1.807, 2.05) is 0 Å². The van der Waals surface area contributed by atoms with Crippen LogP contribution in [-0.2, 0) is 11.3 Å². The largest absolute Gasteiger partial charge is 0.467 e. The van der Waals surface area contributed by atoms with Crippen LogP contribution in [0.25, 0.3) is 17.4 Å². The van der Waals surface area contributed by atoms with E-state index in [-0.39, 0.29) is 18.1 Å². The lowest BCUT2D eigenvalue weighted by Crippen LogP contribution is -2.27. The van der Waals surface area contributed by atoms with Gasteiger partial charge in [0.2, 0.25) is 0 Å². The van der Waals surface area contributed by atoms with Gasteiger partial charge in [-0.1, -0.05) is 24.0 Å². The minimum Gasteiger partial charge on any atom is -0.467 e. The zero-order valence-electron chi connectivity index (χ0n) is 14.2. The summed E-state index contributed by atoms with van der Waals surface area (Å²) in [6.45, 7) is 0.279. The van der Waals surface area contributed by atoms with Gasteiger partial charge in [-0.15, -0.1) is 0 Å². The number of hydrogen-bond donors (Lipinski definition) is 0. The molecule has 4 rings (SSSR count). The van der Waals surface area contributed by atoms with Crippen LogP contribution in [0.1, 0.15) is 11.5 Å². The molecule has 0 aliphatic carbocycles. The van der Waals surface area contributed by atoms with Gasteiger partial charge in [-0.25, -0.2) is 0 Å². The van der Waals surface area contributed by atoms with Gasteiger partial charge in [0.05, 0.1) is 22.6 Å². The van der Waals surface area contributed by atoms with Crippen LogP contribution in [0.3, 0.4) is 0 Å². The van der Waals surface area contributed by atoms with Crippen LogP contribution >= 0.6 is 24.0 Å². The standard InChI is InChI=1S/C19H12N2O5S2/c22-18-17(28-19(27)20(18)11-15-2-1-9-25-15)10-14-7-8-16(26-14)12-3-5-13(6-4-12)21(23)24/h1-10H,11H2/b17-10-. The molecule has 28 heavy (non-hydrogen) atoms. The molecule has 9 heteroatoms. The van der Waals surface area contributed by atoms with Crippen molar-refractivity contribution in [3.63, 3.8) is 0 Å². The minimum absolute atomic E-state index is 0.00996. The lowest BCUT2D eigenvalue weighted by atomic mass is 10.1. The second-order valence-corrected chi connectivity index (χ2v) is 7.53. The zero-order chi connectivity index (χ0) is 19.7. The van der Waals surface area contributed by atoms with Crippen molar-refractivity contribution in [3.8, 4) is 11.3 Å². The Morgan fingerprint density at radius 3 is 2.64 bits per heavy atom. The van der Waals surface area contributed by atoms with Gasteiger partial charge in [-0.3, -0.25) is 19.8 Å². The Balaban J connectivity index is 1.52. The highest BCUT2D eigenvalue weighted by molar-refractivity contribution is 8.26. The highest BCUT2D eigenvalue weighted by atomic mass is 32.2. The SMILES string of the molecule is O=C1/C(=C/c2ccc(-c3ccc([N+](=O)[O-])cc3)o2)SC(=S)N1Cc1ccco1. The normalized spacial score (nSPS) is 15.6. The minimum atomic E-state index is -0.456. The summed E-state index contributed by atoms with van der Waals surface area (Å²) in [5.74, 6) is 1.48. The molecule has 0 unspecified atom stereocenters. The average molecular weight is 412 g/mol. The van der Waals surface area contributed by atoms with Gasteiger partial charge in [0.25, 0.3) is 11.6 Å². The molecular formula is C19H12N2O5S2. The van der Waals surface area contributed by atoms with Gasteiger partial charge in [0.1, 0.15) is 21.6 Å². The number of thiocarbonyl (C=S) groups is 1. The van der Waals surface area contributed by atoms with Crippen molar-refractivity contribution < 1.29 is 18.6 Å². The molecule has 3 heterocycles. The second-order valence-electron chi connectivity index (χ2n) is 5.85. The van der Waals surface area contributed by atoms with E-state index in [1.54, 1.807) is 48.7 Å². The van der Waals surface area contributed by atoms with Crippen molar-refractivity contribution in [1.29, 1.82) is 0 Å². The van der Waals surface area contributed by atoms with E-state index in [1.165, 1.54) is 28.8 Å². The molecule has 1 fully saturated rings. The number of carbonyl (C=O) groups excluding carboxylic acids is 1. The first-order valence-electron chi connectivity index (χ1n) is 8.14. The van der Waals surface area contributed by atoms with Gasteiger partial charge in [-0.2, -0.15) is 0 Å². The Labute approximate surface area is 168 Å². The van der Waals surface area contributed by atoms with E-state index in [2.05, 4.69) is 0 Å². The fourth-order valence-corrected chi connectivity index (χ4v) is 3.89. The van der Waals surface area contributed by atoms with Crippen LogP contribution in [-0.4, -0.2) is 20.1 Å². The summed E-state index contributed by atoms with van der Waals surface area (Å²) < 4.78 is 11.5. The van der Waals surface area contributed by atoms with Crippen molar-refractivity contribution in [1.82, 2.24) is 4.90 Å². The second kappa shape index (κ2) is 7.45. The smallest absolute Gasteiger partial charge is 0.269 e. The number of rotatable bonds is 5. The Hall–Kier alpha value is -3.17. The van der Waals surface area contributed by atoms with Gasteiger partial charge in [0, 0.05) is 23.8 Å². The van der Waals surface area contributed by atoms with E-state index in [0.717, 1.165) is 0 Å². The molecule has 0 atom stereocenters. The third-order valence-corrected chi connectivity index (χ3v) is 5.41. The van der Waals surface area contributed by atoms with Crippen LogP contribution in [0.4, 0.5) is 5.69 Å². The molecule has 1 saturated heterocycles. The van der Waals surface area contributed by atoms with Gasteiger partial charge < -0.3 is 8.83 Å². The zero-order valence-corrected chi connectivity index (χ0v) is 15.9. The van der Waals surface area contributed by atoms with Crippen LogP contribution in [0.15, 0.2) is 68.5 Å². The molecule has 0 radical (unpaired) electrons. The van der Waals surface area contributed by atoms with Crippen LogP contribution < -0.4 is 0 Å². The predicted octanol–water partition coefficient (Wildman–Crippen LogP) is 4.85. The number of non-ortho nitro benzene ring substituents is 1. The summed E-state index contributed by atoms with van der Waals surface area (Å²) >= 11 is 6.50. The van der Waals surface area contributed by atoms with E-state index in [4.69, 9.17) is 21.1 Å². The fraction of sp³-hybridized carbons (Fsp3) is 0.0526. The molecular weight excluding hydrogens is 400 g/mol. The molecule has 140 valence electrons. The molecule has 2 aromatic heterocycles. The van der Waals surface area contributed by atoms with Crippen LogP contribution in [0, 0.1) is 10.1 Å². The third-order valence-electron chi connectivity index (χ3n) is 4.03. The summed E-state index contributed by atoms with van der Waals surface area (Å²) in [5, 5.41) is 10.7. The Kier molecular flexibility index (Phi) is 4.84. The predicted molar refractivity (Wildman–Crippen MR) is 108 cm³/mol. The number of nitrogens with zero attached hydrogens (tertiary/aromatic N) is 2. The molecule has 1 aliphatic rings. The first-order chi connectivity index (χ1) is 13.5. The maximum Gasteiger partial charge on any atom is 0.269 e. The Morgan fingerprint density at radius 2 is 1.96 bits per heavy atom. The number of nitro benzene ring substituents is 1. The number of hydrogen-bond acceptors (Lipinski definition) is 7. The average Bonchev–Trinajstić information content (AvgIpc) is 3.41. The van der Waals surface area contributed by atoms with E-state index in [0.29, 0.717) is 32.1 Å². The summed E-state index contributed by atoms with van der Waals surface area (Å²) in [6.07, 6.45) is 3.18. The number of carbonyl (C=O) groups is 1. The number of thioether (sulfide) groups is 1. The number of nitro groups is 1. The Bertz CT molecular complexity index is 1080. The van der Waals surface area contributed by atoms with Crippen molar-refractivity contribution in [2.45, 2.75) is 6.54 Å². The summed E-state index contributed by atoms with van der Waals surface area (Å²) in [4.78, 5) is 24.9. The topological polar surface area (TPSA) is 89.7 Å². The summed E-state index contributed by atoms with van der Waals surface area (Å²) in [5.41, 5.74) is 0.714. The molecule has 0 saturated carbocycles. The third kappa shape index (κ3) is 3.62. The summed E-state index contributed by atoms with van der Waals surface area (Å²) in [6, 6.07) is 13.1. The fourth-order valence-electron chi connectivity index (χ4n) is 2.66. The highest BCUT2D eigenvalue weighted by Gasteiger charge is 2.32. The number of furan rings is 2. The van der Waals surface area contributed by atoms with Crippen LogP contribution in [0.2, 0.25) is 0 Å². The number of benzene rings is 1. The Morgan fingerprint density at radius 1 is 1.18 bits per heavy atom. The summed E-state index contributed by atoms with van der Waals surface area (Å²) in [7, 11) is 0. The van der Waals surface area contributed by atoms with Crippen LogP contribution in [0.5, 0.6) is 0 Å². The van der Waals surface area contributed by atoms with Gasteiger partial charge in [-0.05, 0) is 36.4 Å². The maximum absolute atomic E-state index is 12.6. The van der Waals surface area contributed by atoms with E-state index >= 15 is 0 Å². The van der Waals surface area contributed by atoms with E-state index < -0.39 is 4.92 Å². The number of amides is 1. The maximum atomic E-state index is 12.6. The molecule has 0 bridgehead atoms. The van der Waals surface area contributed by atoms with Crippen molar-refractivity contribution >= 4 is 46.0 Å². The molecule has 1 aliphatic heterocycles. The highest BCUT2D eigenvalue weighted by Crippen LogP contribution is 2.34. The van der Waals surface area contributed by atoms with Crippen molar-refractivity contribution in [2.24, 2.45) is 0 Å². The van der Waals surface area contributed by atoms with E-state index in [9.17, 15) is 14.9 Å². The molecule has 7 nitrogen and oxygen atoms in total. The molecule has 3 aromatic rings. The lowest BCUT2D eigenvalue weighted by molar-refractivity contribution is -0.384. The molecule has 1 aromatic carbocycles. The first kappa shape index (κ1) is 18.2. The molecule has 1 amide bonds. The first-order valence-corrected chi connectivity index (χ1v) is 9.36. The quantitative estimate of drug-likeness (QED) is 0.256. The van der Waals surface area contributed by atoms with Gasteiger partial charge in [0.15, 0.2) is 0 Å². The molecule has 0 N–H and O–H groups in total. The lowest BCUT2D eigenvalue weighted by Gasteiger charge is -2.11. The van der Waals surface area contributed by atoms with Crippen molar-refractivity contribution in [2.75, 3.05) is 0 Å².